The number of ether oxygens (including phenoxy) is 1. The first-order chi connectivity index (χ1) is 9.06. The predicted molar refractivity (Wildman–Crippen MR) is 65.8 cm³/mol. The largest absolute Gasteiger partial charge is 0.480 e. The Kier molecular flexibility index (Phi) is 6.38. The highest BCUT2D eigenvalue weighted by Crippen LogP contribution is 2.18. The van der Waals surface area contributed by atoms with Crippen LogP contribution in [0.2, 0.25) is 0 Å². The molecule has 0 spiro atoms. The standard InChI is InChI=1S/C13H17F2NO3/c1-2-19-7-3-6-16-12(13(17)18)10-5-4-9(14)8-11(10)15/h4-5,8,12,16H,2-3,6-7H2,1H3,(H,17,18). The van der Waals surface area contributed by atoms with Crippen molar-refractivity contribution < 1.29 is 23.4 Å². The van der Waals surface area contributed by atoms with Gasteiger partial charge < -0.3 is 15.2 Å². The maximum Gasteiger partial charge on any atom is 0.325 e. The van der Waals surface area contributed by atoms with Crippen LogP contribution in [0.3, 0.4) is 0 Å². The fraction of sp³-hybridized carbons (Fsp3) is 0.462. The third kappa shape index (κ3) is 4.92. The lowest BCUT2D eigenvalue weighted by Crippen LogP contribution is -2.30. The van der Waals surface area contributed by atoms with Gasteiger partial charge in [-0.25, -0.2) is 8.78 Å². The summed E-state index contributed by atoms with van der Waals surface area (Å²) in [6.45, 7) is 3.33. The minimum atomic E-state index is -1.21. The van der Waals surface area contributed by atoms with E-state index in [4.69, 9.17) is 9.84 Å². The van der Waals surface area contributed by atoms with Crippen LogP contribution in [0, 0.1) is 11.6 Å². The lowest BCUT2D eigenvalue weighted by atomic mass is 10.1. The molecule has 0 aliphatic carbocycles. The Morgan fingerprint density at radius 3 is 2.79 bits per heavy atom. The fourth-order valence-corrected chi connectivity index (χ4v) is 1.63. The van der Waals surface area contributed by atoms with E-state index < -0.39 is 23.6 Å². The summed E-state index contributed by atoms with van der Waals surface area (Å²) in [7, 11) is 0. The minimum Gasteiger partial charge on any atom is -0.480 e. The zero-order valence-electron chi connectivity index (χ0n) is 10.7. The summed E-state index contributed by atoms with van der Waals surface area (Å²) >= 11 is 0. The quantitative estimate of drug-likeness (QED) is 0.712. The van der Waals surface area contributed by atoms with Crippen molar-refractivity contribution in [1.82, 2.24) is 5.32 Å². The zero-order chi connectivity index (χ0) is 14.3. The molecule has 1 rings (SSSR count). The number of halogens is 2. The van der Waals surface area contributed by atoms with Gasteiger partial charge in [-0.2, -0.15) is 0 Å². The molecule has 1 aromatic rings. The Morgan fingerprint density at radius 2 is 2.21 bits per heavy atom. The van der Waals surface area contributed by atoms with Gasteiger partial charge in [0.15, 0.2) is 0 Å². The van der Waals surface area contributed by atoms with Crippen LogP contribution in [-0.4, -0.2) is 30.8 Å². The van der Waals surface area contributed by atoms with Crippen LogP contribution in [0.5, 0.6) is 0 Å². The van der Waals surface area contributed by atoms with Crippen molar-refractivity contribution in [1.29, 1.82) is 0 Å². The summed E-state index contributed by atoms with van der Waals surface area (Å²) in [4.78, 5) is 11.1. The van der Waals surface area contributed by atoms with Crippen LogP contribution in [-0.2, 0) is 9.53 Å². The molecule has 0 saturated carbocycles. The Hall–Kier alpha value is -1.53. The molecule has 0 aliphatic heterocycles. The Morgan fingerprint density at radius 1 is 1.47 bits per heavy atom. The van der Waals surface area contributed by atoms with Crippen molar-refractivity contribution in [3.05, 3.63) is 35.4 Å². The summed E-state index contributed by atoms with van der Waals surface area (Å²) in [5.74, 6) is -2.81. The van der Waals surface area contributed by atoms with Crippen LogP contribution in [0.1, 0.15) is 24.9 Å². The van der Waals surface area contributed by atoms with Gasteiger partial charge in [-0.05, 0) is 26.0 Å². The topological polar surface area (TPSA) is 58.6 Å². The first-order valence-electron chi connectivity index (χ1n) is 6.05. The van der Waals surface area contributed by atoms with E-state index in [1.54, 1.807) is 0 Å². The second kappa shape index (κ2) is 7.81. The Bertz CT molecular complexity index is 426. The van der Waals surface area contributed by atoms with Crippen LogP contribution >= 0.6 is 0 Å². The van der Waals surface area contributed by atoms with Gasteiger partial charge in [0.05, 0.1) is 0 Å². The maximum absolute atomic E-state index is 13.5. The summed E-state index contributed by atoms with van der Waals surface area (Å²) in [6, 6.07) is 1.66. The third-order valence-electron chi connectivity index (χ3n) is 2.54. The molecule has 0 heterocycles. The van der Waals surface area contributed by atoms with Gasteiger partial charge in [0, 0.05) is 24.8 Å². The SMILES string of the molecule is CCOCCCNC(C(=O)O)c1ccc(F)cc1F. The monoisotopic (exact) mass is 273 g/mol. The number of carbonyl (C=O) groups is 1. The lowest BCUT2D eigenvalue weighted by molar-refractivity contribution is -0.139. The molecule has 106 valence electrons. The maximum atomic E-state index is 13.5. The number of hydrogen-bond acceptors (Lipinski definition) is 3. The molecule has 0 fully saturated rings. The van der Waals surface area contributed by atoms with Gasteiger partial charge in [0.1, 0.15) is 17.7 Å². The second-order valence-electron chi connectivity index (χ2n) is 3.94. The normalized spacial score (nSPS) is 12.4. The highest BCUT2D eigenvalue weighted by molar-refractivity contribution is 5.75. The highest BCUT2D eigenvalue weighted by atomic mass is 19.1. The van der Waals surface area contributed by atoms with E-state index in [1.807, 2.05) is 6.92 Å². The Labute approximate surface area is 110 Å². The fourth-order valence-electron chi connectivity index (χ4n) is 1.63. The number of aliphatic carboxylic acids is 1. The third-order valence-corrected chi connectivity index (χ3v) is 2.54. The second-order valence-corrected chi connectivity index (χ2v) is 3.94. The number of rotatable bonds is 8. The first-order valence-corrected chi connectivity index (χ1v) is 6.05. The van der Waals surface area contributed by atoms with E-state index in [9.17, 15) is 13.6 Å². The molecule has 0 aromatic heterocycles. The summed E-state index contributed by atoms with van der Waals surface area (Å²) in [5, 5.41) is 11.8. The van der Waals surface area contributed by atoms with E-state index in [0.29, 0.717) is 32.2 Å². The molecule has 6 heteroatoms. The molecule has 0 radical (unpaired) electrons. The number of nitrogens with one attached hydrogen (secondary N) is 1. The molecule has 1 atom stereocenters. The van der Waals surface area contributed by atoms with Gasteiger partial charge in [0.25, 0.3) is 0 Å². The van der Waals surface area contributed by atoms with Gasteiger partial charge in [-0.15, -0.1) is 0 Å². The van der Waals surface area contributed by atoms with Gasteiger partial charge >= 0.3 is 5.97 Å². The van der Waals surface area contributed by atoms with E-state index in [-0.39, 0.29) is 5.56 Å². The van der Waals surface area contributed by atoms with Crippen LogP contribution in [0.4, 0.5) is 8.78 Å². The average molecular weight is 273 g/mol. The molecule has 0 amide bonds. The van der Waals surface area contributed by atoms with E-state index in [1.165, 1.54) is 0 Å². The molecule has 0 saturated heterocycles. The number of carboxylic acid groups (broad SMARTS) is 1. The zero-order valence-corrected chi connectivity index (χ0v) is 10.7. The van der Waals surface area contributed by atoms with E-state index in [0.717, 1.165) is 12.1 Å². The molecule has 0 aliphatic rings. The van der Waals surface area contributed by atoms with Gasteiger partial charge in [0.2, 0.25) is 0 Å². The van der Waals surface area contributed by atoms with Crippen molar-refractivity contribution in [2.45, 2.75) is 19.4 Å². The smallest absolute Gasteiger partial charge is 0.325 e. The molecular weight excluding hydrogens is 256 g/mol. The minimum absolute atomic E-state index is 0.0784. The number of benzene rings is 1. The van der Waals surface area contributed by atoms with Crippen molar-refractivity contribution in [3.8, 4) is 0 Å². The van der Waals surface area contributed by atoms with Crippen molar-refractivity contribution in [2.75, 3.05) is 19.8 Å². The molecule has 1 aromatic carbocycles. The predicted octanol–water partition coefficient (Wildman–Crippen LogP) is 2.11. The van der Waals surface area contributed by atoms with Crippen molar-refractivity contribution >= 4 is 5.97 Å². The average Bonchev–Trinajstić information content (AvgIpc) is 2.35. The summed E-state index contributed by atoms with van der Waals surface area (Å²) < 4.78 is 31.4. The summed E-state index contributed by atoms with van der Waals surface area (Å²) in [6.07, 6.45) is 0.612. The van der Waals surface area contributed by atoms with Crippen molar-refractivity contribution in [2.24, 2.45) is 0 Å². The number of carboxylic acids is 1. The van der Waals surface area contributed by atoms with Crippen LogP contribution < -0.4 is 5.32 Å². The van der Waals surface area contributed by atoms with Crippen LogP contribution in [0.15, 0.2) is 18.2 Å². The highest BCUT2D eigenvalue weighted by Gasteiger charge is 2.22. The van der Waals surface area contributed by atoms with E-state index in [2.05, 4.69) is 5.32 Å². The molecule has 4 nitrogen and oxygen atoms in total. The molecule has 1 unspecified atom stereocenters. The van der Waals surface area contributed by atoms with Gasteiger partial charge in [-0.3, -0.25) is 4.79 Å². The summed E-state index contributed by atoms with van der Waals surface area (Å²) in [5.41, 5.74) is -0.0784. The van der Waals surface area contributed by atoms with Crippen LogP contribution in [0.25, 0.3) is 0 Å². The van der Waals surface area contributed by atoms with Crippen molar-refractivity contribution in [3.63, 3.8) is 0 Å². The molecule has 0 bridgehead atoms. The first kappa shape index (κ1) is 15.5. The van der Waals surface area contributed by atoms with Gasteiger partial charge in [-0.1, -0.05) is 6.07 Å². The molecule has 2 N–H and O–H groups in total. The molecular formula is C13H17F2NO3. The number of hydrogen-bond donors (Lipinski definition) is 2. The Balaban J connectivity index is 2.64. The van der Waals surface area contributed by atoms with E-state index >= 15 is 0 Å². The molecule has 19 heavy (non-hydrogen) atoms. The lowest BCUT2D eigenvalue weighted by Gasteiger charge is -2.15.